The second-order valence-corrected chi connectivity index (χ2v) is 4.90. The van der Waals surface area contributed by atoms with E-state index in [1.807, 2.05) is 6.07 Å². The molecule has 94 valence electrons. The lowest BCUT2D eigenvalue weighted by atomic mass is 10.00. The van der Waals surface area contributed by atoms with Crippen LogP contribution in [0.15, 0.2) is 18.3 Å². The van der Waals surface area contributed by atoms with Gasteiger partial charge in [0.2, 0.25) is 0 Å². The molecule has 1 aliphatic heterocycles. The van der Waals surface area contributed by atoms with Gasteiger partial charge in [0, 0.05) is 13.1 Å². The lowest BCUT2D eigenvalue weighted by molar-refractivity contribution is -0.0928. The van der Waals surface area contributed by atoms with Crippen LogP contribution in [0.3, 0.4) is 0 Å². The summed E-state index contributed by atoms with van der Waals surface area (Å²) in [6.45, 7) is 5.61. The molecule has 0 bridgehead atoms. The van der Waals surface area contributed by atoms with Crippen LogP contribution in [0.1, 0.15) is 13.8 Å². The van der Waals surface area contributed by atoms with E-state index < -0.39 is 5.60 Å². The number of anilines is 2. The number of aromatic nitrogens is 1. The Labute approximate surface area is 101 Å². The molecule has 1 aromatic rings. The average molecular weight is 237 g/mol. The number of nitrogen functional groups attached to an aromatic ring is 1. The molecule has 0 spiro atoms. The second-order valence-electron chi connectivity index (χ2n) is 4.90. The monoisotopic (exact) mass is 237 g/mol. The van der Waals surface area contributed by atoms with E-state index >= 15 is 0 Å². The fourth-order valence-corrected chi connectivity index (χ4v) is 1.90. The summed E-state index contributed by atoms with van der Waals surface area (Å²) in [6.07, 6.45) is 1.57. The number of hydrogen-bond donors (Lipinski definition) is 2. The Morgan fingerprint density at radius 3 is 2.88 bits per heavy atom. The summed E-state index contributed by atoms with van der Waals surface area (Å²) in [6, 6.07) is 3.72. The van der Waals surface area contributed by atoms with Crippen molar-refractivity contribution in [2.24, 2.45) is 0 Å². The SMILES string of the molecule is CC(C)(O)C1CN(c2ccc(N)nc2)CCO1. The molecule has 1 aliphatic rings. The predicted molar refractivity (Wildman–Crippen MR) is 66.9 cm³/mol. The highest BCUT2D eigenvalue weighted by Gasteiger charge is 2.32. The molecule has 1 saturated heterocycles. The van der Waals surface area contributed by atoms with E-state index in [9.17, 15) is 5.11 Å². The Balaban J connectivity index is 2.09. The van der Waals surface area contributed by atoms with Crippen LogP contribution in [0.5, 0.6) is 0 Å². The van der Waals surface area contributed by atoms with E-state index in [2.05, 4.69) is 9.88 Å². The van der Waals surface area contributed by atoms with E-state index in [1.54, 1.807) is 26.1 Å². The van der Waals surface area contributed by atoms with Gasteiger partial charge in [-0.05, 0) is 26.0 Å². The van der Waals surface area contributed by atoms with E-state index in [0.717, 1.165) is 12.2 Å². The standard InChI is InChI=1S/C12H19N3O2/c1-12(2,16)10-8-15(5-6-17-10)9-3-4-11(13)14-7-9/h3-4,7,10,16H,5-6,8H2,1-2H3,(H2,13,14). The van der Waals surface area contributed by atoms with Crippen LogP contribution >= 0.6 is 0 Å². The van der Waals surface area contributed by atoms with Crippen molar-refractivity contribution < 1.29 is 9.84 Å². The minimum absolute atomic E-state index is 0.186. The zero-order chi connectivity index (χ0) is 12.5. The van der Waals surface area contributed by atoms with E-state index in [-0.39, 0.29) is 6.10 Å². The molecule has 2 rings (SSSR count). The van der Waals surface area contributed by atoms with Crippen molar-refractivity contribution in [3.8, 4) is 0 Å². The maximum atomic E-state index is 9.96. The molecular formula is C12H19N3O2. The lowest BCUT2D eigenvalue weighted by Gasteiger charge is -2.39. The van der Waals surface area contributed by atoms with Gasteiger partial charge in [-0.25, -0.2) is 4.98 Å². The summed E-state index contributed by atoms with van der Waals surface area (Å²) < 4.78 is 5.58. The normalized spacial score (nSPS) is 21.6. The zero-order valence-corrected chi connectivity index (χ0v) is 10.3. The molecule has 1 fully saturated rings. The molecule has 1 aromatic heterocycles. The quantitative estimate of drug-likeness (QED) is 0.790. The number of nitrogens with two attached hydrogens (primary N) is 1. The molecule has 5 heteroatoms. The Kier molecular flexibility index (Phi) is 3.22. The molecule has 3 N–H and O–H groups in total. The van der Waals surface area contributed by atoms with Crippen LogP contribution in [0, 0.1) is 0 Å². The van der Waals surface area contributed by atoms with Crippen molar-refractivity contribution in [3.05, 3.63) is 18.3 Å². The molecule has 0 radical (unpaired) electrons. The summed E-state index contributed by atoms with van der Waals surface area (Å²) >= 11 is 0. The minimum Gasteiger partial charge on any atom is -0.388 e. The lowest BCUT2D eigenvalue weighted by Crippen LogP contribution is -2.52. The molecular weight excluding hydrogens is 218 g/mol. The molecule has 1 unspecified atom stereocenters. The van der Waals surface area contributed by atoms with E-state index in [0.29, 0.717) is 19.0 Å². The third-order valence-corrected chi connectivity index (χ3v) is 2.99. The van der Waals surface area contributed by atoms with Gasteiger partial charge in [-0.3, -0.25) is 0 Å². The van der Waals surface area contributed by atoms with Crippen LogP contribution in [0.2, 0.25) is 0 Å². The van der Waals surface area contributed by atoms with Gasteiger partial charge >= 0.3 is 0 Å². The van der Waals surface area contributed by atoms with Gasteiger partial charge < -0.3 is 20.5 Å². The maximum absolute atomic E-state index is 9.96. The van der Waals surface area contributed by atoms with Crippen LogP contribution < -0.4 is 10.6 Å². The van der Waals surface area contributed by atoms with Crippen LogP contribution in [-0.4, -0.2) is 41.5 Å². The van der Waals surface area contributed by atoms with Gasteiger partial charge in [-0.15, -0.1) is 0 Å². The first kappa shape index (κ1) is 12.1. The van der Waals surface area contributed by atoms with Gasteiger partial charge in [0.15, 0.2) is 0 Å². The molecule has 0 amide bonds. The summed E-state index contributed by atoms with van der Waals surface area (Å²) in [5.74, 6) is 0.515. The summed E-state index contributed by atoms with van der Waals surface area (Å²) in [5, 5.41) is 9.96. The van der Waals surface area contributed by atoms with E-state index in [1.165, 1.54) is 0 Å². The molecule has 1 atom stereocenters. The first-order valence-corrected chi connectivity index (χ1v) is 5.77. The van der Waals surface area contributed by atoms with E-state index in [4.69, 9.17) is 10.5 Å². The molecule has 5 nitrogen and oxygen atoms in total. The number of rotatable bonds is 2. The number of pyridine rings is 1. The second kappa shape index (κ2) is 4.50. The van der Waals surface area contributed by atoms with Crippen molar-refractivity contribution in [2.45, 2.75) is 25.6 Å². The Morgan fingerprint density at radius 1 is 1.53 bits per heavy atom. The van der Waals surface area contributed by atoms with Gasteiger partial charge in [-0.2, -0.15) is 0 Å². The third kappa shape index (κ3) is 2.87. The first-order valence-electron chi connectivity index (χ1n) is 5.77. The largest absolute Gasteiger partial charge is 0.388 e. The van der Waals surface area contributed by atoms with Crippen LogP contribution in [0.4, 0.5) is 11.5 Å². The number of nitrogens with zero attached hydrogens (tertiary/aromatic N) is 2. The van der Waals surface area contributed by atoms with Crippen LogP contribution in [0.25, 0.3) is 0 Å². The average Bonchev–Trinajstić information content (AvgIpc) is 2.29. The van der Waals surface area contributed by atoms with Gasteiger partial charge in [0.25, 0.3) is 0 Å². The van der Waals surface area contributed by atoms with Gasteiger partial charge in [-0.1, -0.05) is 0 Å². The summed E-state index contributed by atoms with van der Waals surface area (Å²) in [5.41, 5.74) is 5.74. The van der Waals surface area contributed by atoms with Crippen molar-refractivity contribution in [1.82, 2.24) is 4.98 Å². The van der Waals surface area contributed by atoms with Crippen molar-refractivity contribution in [3.63, 3.8) is 0 Å². The molecule has 2 heterocycles. The molecule has 0 aliphatic carbocycles. The number of morpholine rings is 1. The predicted octanol–water partition coefficient (Wildman–Crippen LogP) is 0.640. The summed E-state index contributed by atoms with van der Waals surface area (Å²) in [4.78, 5) is 6.23. The zero-order valence-electron chi connectivity index (χ0n) is 10.3. The first-order chi connectivity index (χ1) is 7.97. The van der Waals surface area contributed by atoms with Crippen molar-refractivity contribution in [1.29, 1.82) is 0 Å². The Morgan fingerprint density at radius 2 is 2.29 bits per heavy atom. The number of aliphatic hydroxyl groups is 1. The Hall–Kier alpha value is -1.33. The van der Waals surface area contributed by atoms with Gasteiger partial charge in [0.1, 0.15) is 11.9 Å². The molecule has 0 saturated carbocycles. The molecule has 17 heavy (non-hydrogen) atoms. The number of ether oxygens (including phenoxy) is 1. The maximum Gasteiger partial charge on any atom is 0.123 e. The Bertz CT molecular complexity index is 372. The fraction of sp³-hybridized carbons (Fsp3) is 0.583. The molecule has 0 aromatic carbocycles. The van der Waals surface area contributed by atoms with Crippen molar-refractivity contribution >= 4 is 11.5 Å². The highest BCUT2D eigenvalue weighted by Crippen LogP contribution is 2.22. The van der Waals surface area contributed by atoms with Crippen LogP contribution in [-0.2, 0) is 4.74 Å². The number of hydrogen-bond acceptors (Lipinski definition) is 5. The van der Waals surface area contributed by atoms with Gasteiger partial charge in [0.05, 0.1) is 24.1 Å². The highest BCUT2D eigenvalue weighted by molar-refractivity contribution is 5.48. The smallest absolute Gasteiger partial charge is 0.123 e. The minimum atomic E-state index is -0.833. The fourth-order valence-electron chi connectivity index (χ4n) is 1.90. The third-order valence-electron chi connectivity index (χ3n) is 2.99. The summed E-state index contributed by atoms with van der Waals surface area (Å²) in [7, 11) is 0. The van der Waals surface area contributed by atoms with Crippen molar-refractivity contribution in [2.75, 3.05) is 30.3 Å². The highest BCUT2D eigenvalue weighted by atomic mass is 16.5. The topological polar surface area (TPSA) is 71.6 Å².